The number of hydrogen-bond donors (Lipinski definition) is 3. The number of nitrogens with one attached hydrogen (secondary N) is 1. The van der Waals surface area contributed by atoms with Crippen LogP contribution >= 0.6 is 0 Å². The number of nitrogens with zero attached hydrogens (tertiary/aromatic N) is 1. The van der Waals surface area contributed by atoms with Gasteiger partial charge in [-0.05, 0) is 48.2 Å². The van der Waals surface area contributed by atoms with Gasteiger partial charge in [-0.3, -0.25) is 4.79 Å². The van der Waals surface area contributed by atoms with Crippen LogP contribution in [0.25, 0.3) is 0 Å². The highest BCUT2D eigenvalue weighted by molar-refractivity contribution is 6.04. The van der Waals surface area contributed by atoms with Gasteiger partial charge in [0.1, 0.15) is 0 Å². The van der Waals surface area contributed by atoms with E-state index in [1.165, 1.54) is 5.56 Å². The van der Waals surface area contributed by atoms with Crippen molar-refractivity contribution in [2.75, 3.05) is 5.32 Å². The maximum atomic E-state index is 12.3. The molecule has 2 aromatic carbocycles. The largest absolute Gasteiger partial charge is 0.370 e. The predicted molar refractivity (Wildman–Crippen MR) is 99.5 cm³/mol. The Hall–Kier alpha value is -2.82. The molecule has 2 rings (SSSR count). The van der Waals surface area contributed by atoms with Crippen molar-refractivity contribution in [2.45, 2.75) is 26.7 Å². The Labute approximate surface area is 142 Å². The van der Waals surface area contributed by atoms with Crippen LogP contribution in [0.1, 0.15) is 36.2 Å². The Morgan fingerprint density at radius 3 is 2.50 bits per heavy atom. The summed E-state index contributed by atoms with van der Waals surface area (Å²) >= 11 is 0. The molecule has 5 N–H and O–H groups in total. The summed E-state index contributed by atoms with van der Waals surface area (Å²) in [6, 6.07) is 14.8. The van der Waals surface area contributed by atoms with Crippen molar-refractivity contribution in [1.29, 1.82) is 0 Å². The highest BCUT2D eigenvalue weighted by atomic mass is 16.1. The minimum absolute atomic E-state index is 0.0375. The minimum Gasteiger partial charge on any atom is -0.370 e. The van der Waals surface area contributed by atoms with Crippen molar-refractivity contribution < 1.29 is 4.79 Å². The summed E-state index contributed by atoms with van der Waals surface area (Å²) in [4.78, 5) is 16.3. The van der Waals surface area contributed by atoms with Crippen molar-refractivity contribution in [2.24, 2.45) is 22.4 Å². The molecule has 126 valence electrons. The number of carbonyl (C=O) groups excluding carboxylic acids is 1. The van der Waals surface area contributed by atoms with Gasteiger partial charge in [-0.1, -0.05) is 38.5 Å². The molecule has 0 fully saturated rings. The first-order valence-electron chi connectivity index (χ1n) is 8.08. The van der Waals surface area contributed by atoms with Crippen LogP contribution < -0.4 is 16.8 Å². The van der Waals surface area contributed by atoms with Crippen molar-refractivity contribution in [3.63, 3.8) is 0 Å². The molecule has 0 aliphatic heterocycles. The van der Waals surface area contributed by atoms with E-state index in [9.17, 15) is 4.79 Å². The lowest BCUT2D eigenvalue weighted by atomic mass is 9.99. The molecule has 5 heteroatoms. The van der Waals surface area contributed by atoms with E-state index in [0.29, 0.717) is 17.2 Å². The molecule has 0 saturated carbocycles. The predicted octanol–water partition coefficient (Wildman–Crippen LogP) is 3.43. The number of benzene rings is 2. The van der Waals surface area contributed by atoms with E-state index in [2.05, 4.69) is 36.3 Å². The molecule has 24 heavy (non-hydrogen) atoms. The summed E-state index contributed by atoms with van der Waals surface area (Å²) in [5.41, 5.74) is 13.8. The van der Waals surface area contributed by atoms with Gasteiger partial charge < -0.3 is 16.8 Å². The normalized spacial score (nSPS) is 11.6. The molecule has 0 spiro atoms. The molecule has 0 saturated heterocycles. The second-order valence-corrected chi connectivity index (χ2v) is 5.96. The summed E-state index contributed by atoms with van der Waals surface area (Å²) in [5.74, 6) is 0.422. The van der Waals surface area contributed by atoms with Crippen LogP contribution in [0, 0.1) is 5.92 Å². The number of aliphatic imine (C=N–C) groups is 1. The molecule has 0 radical (unpaired) electrons. The molecule has 0 aliphatic rings. The average molecular weight is 324 g/mol. The number of nitrogens with two attached hydrogens (primary N) is 2. The lowest BCUT2D eigenvalue weighted by Gasteiger charge is -2.10. The first-order valence-corrected chi connectivity index (χ1v) is 8.08. The quantitative estimate of drug-likeness (QED) is 0.561. The van der Waals surface area contributed by atoms with Crippen LogP contribution in [0.5, 0.6) is 0 Å². The van der Waals surface area contributed by atoms with Crippen LogP contribution in [0.15, 0.2) is 53.5 Å². The lowest BCUT2D eigenvalue weighted by Crippen LogP contribution is -2.21. The van der Waals surface area contributed by atoms with Gasteiger partial charge in [0, 0.05) is 11.3 Å². The number of carbonyl (C=O) groups is 1. The van der Waals surface area contributed by atoms with Gasteiger partial charge in [-0.2, -0.15) is 0 Å². The standard InChI is InChI=1S/C19H24N4O/c1-3-13(2)11-14-7-9-16(10-8-14)22-18(24)15-5-4-6-17(12-15)23-19(20)21/h4-10,12-13H,3,11H2,1-2H3,(H,22,24)(H4,20,21,23). The van der Waals surface area contributed by atoms with Gasteiger partial charge >= 0.3 is 0 Å². The van der Waals surface area contributed by atoms with Gasteiger partial charge in [0.05, 0.1) is 5.69 Å². The third-order valence-electron chi connectivity index (χ3n) is 3.86. The van der Waals surface area contributed by atoms with Gasteiger partial charge in [-0.25, -0.2) is 4.99 Å². The topological polar surface area (TPSA) is 93.5 Å². The molecule has 0 aliphatic carbocycles. The molecule has 0 heterocycles. The average Bonchev–Trinajstić information content (AvgIpc) is 2.56. The van der Waals surface area contributed by atoms with Crippen LogP contribution in [0.2, 0.25) is 0 Å². The van der Waals surface area contributed by atoms with E-state index in [1.54, 1.807) is 24.3 Å². The summed E-state index contributed by atoms with van der Waals surface area (Å²) in [6.07, 6.45) is 2.20. The third-order valence-corrected chi connectivity index (χ3v) is 3.86. The molecule has 1 amide bonds. The fourth-order valence-corrected chi connectivity index (χ4v) is 2.34. The van der Waals surface area contributed by atoms with Crippen molar-refractivity contribution >= 4 is 23.2 Å². The fraction of sp³-hybridized carbons (Fsp3) is 0.263. The minimum atomic E-state index is -0.197. The zero-order valence-corrected chi connectivity index (χ0v) is 14.1. The van der Waals surface area contributed by atoms with Crippen LogP contribution in [-0.2, 0) is 6.42 Å². The van der Waals surface area contributed by atoms with Crippen molar-refractivity contribution in [3.8, 4) is 0 Å². The Morgan fingerprint density at radius 1 is 1.17 bits per heavy atom. The Kier molecular flexibility index (Phi) is 5.95. The molecule has 2 aromatic rings. The highest BCUT2D eigenvalue weighted by Crippen LogP contribution is 2.17. The van der Waals surface area contributed by atoms with Gasteiger partial charge in [0.25, 0.3) is 5.91 Å². The number of amides is 1. The third kappa shape index (κ3) is 5.12. The summed E-state index contributed by atoms with van der Waals surface area (Å²) < 4.78 is 0. The first-order chi connectivity index (χ1) is 11.5. The second kappa shape index (κ2) is 8.15. The second-order valence-electron chi connectivity index (χ2n) is 5.96. The molecule has 1 unspecified atom stereocenters. The SMILES string of the molecule is CCC(C)Cc1ccc(NC(=O)c2cccc(N=C(N)N)c2)cc1. The van der Waals surface area contributed by atoms with E-state index >= 15 is 0 Å². The maximum Gasteiger partial charge on any atom is 0.255 e. The number of hydrogen-bond acceptors (Lipinski definition) is 2. The smallest absolute Gasteiger partial charge is 0.255 e. The lowest BCUT2D eigenvalue weighted by molar-refractivity contribution is 0.102. The van der Waals surface area contributed by atoms with Crippen LogP contribution in [0.3, 0.4) is 0 Å². The van der Waals surface area contributed by atoms with E-state index < -0.39 is 0 Å². The van der Waals surface area contributed by atoms with Crippen molar-refractivity contribution in [3.05, 3.63) is 59.7 Å². The van der Waals surface area contributed by atoms with Gasteiger partial charge in [0.2, 0.25) is 0 Å². The Balaban J connectivity index is 2.05. The zero-order valence-electron chi connectivity index (χ0n) is 14.1. The molecular formula is C19H24N4O. The Morgan fingerprint density at radius 2 is 1.88 bits per heavy atom. The summed E-state index contributed by atoms with van der Waals surface area (Å²) in [6.45, 7) is 4.43. The van der Waals surface area contributed by atoms with E-state index in [4.69, 9.17) is 11.5 Å². The first kappa shape index (κ1) is 17.5. The summed E-state index contributed by atoms with van der Waals surface area (Å²) in [7, 11) is 0. The maximum absolute atomic E-state index is 12.3. The van der Waals surface area contributed by atoms with E-state index in [-0.39, 0.29) is 11.9 Å². The number of anilines is 1. The number of guanidine groups is 1. The van der Waals surface area contributed by atoms with Crippen molar-refractivity contribution in [1.82, 2.24) is 0 Å². The zero-order chi connectivity index (χ0) is 17.5. The Bertz CT molecular complexity index is 718. The molecular weight excluding hydrogens is 300 g/mol. The molecule has 5 nitrogen and oxygen atoms in total. The van der Waals surface area contributed by atoms with Gasteiger partial charge in [0.15, 0.2) is 5.96 Å². The monoisotopic (exact) mass is 324 g/mol. The molecule has 0 aromatic heterocycles. The van der Waals surface area contributed by atoms with Gasteiger partial charge in [-0.15, -0.1) is 0 Å². The fourth-order valence-electron chi connectivity index (χ4n) is 2.34. The molecule has 0 bridgehead atoms. The highest BCUT2D eigenvalue weighted by Gasteiger charge is 2.07. The van der Waals surface area contributed by atoms with E-state index in [1.807, 2.05) is 12.1 Å². The van der Waals surface area contributed by atoms with Crippen LogP contribution in [-0.4, -0.2) is 11.9 Å². The van der Waals surface area contributed by atoms with Crippen LogP contribution in [0.4, 0.5) is 11.4 Å². The summed E-state index contributed by atoms with van der Waals surface area (Å²) in [5, 5.41) is 2.88. The van der Waals surface area contributed by atoms with E-state index in [0.717, 1.165) is 18.5 Å². The molecule has 1 atom stereocenters. The number of rotatable bonds is 6.